The van der Waals surface area contributed by atoms with Crippen LogP contribution in [0, 0.1) is 0 Å². The maximum Gasteiger partial charge on any atom is 0.247 e. The lowest BCUT2D eigenvalue weighted by molar-refractivity contribution is 0.215. The molecule has 138 valence electrons. The van der Waals surface area contributed by atoms with Gasteiger partial charge in [-0.15, -0.1) is 10.2 Å². The van der Waals surface area contributed by atoms with Gasteiger partial charge in [0.15, 0.2) is 5.69 Å². The number of rotatable bonds is 5. The second-order valence-electron chi connectivity index (χ2n) is 6.03. The summed E-state index contributed by atoms with van der Waals surface area (Å²) in [4.78, 5) is 4.54. The van der Waals surface area contributed by atoms with Crippen LogP contribution in [0.1, 0.15) is 25.1 Å². The van der Waals surface area contributed by atoms with Crippen LogP contribution in [0.3, 0.4) is 0 Å². The summed E-state index contributed by atoms with van der Waals surface area (Å²) in [5.41, 5.74) is 3.37. The predicted molar refractivity (Wildman–Crippen MR) is 106 cm³/mol. The van der Waals surface area contributed by atoms with Crippen LogP contribution in [-0.4, -0.2) is 28.0 Å². The first-order valence-electron chi connectivity index (χ1n) is 8.83. The van der Waals surface area contributed by atoms with Crippen molar-refractivity contribution in [1.82, 2.24) is 15.2 Å². The Morgan fingerprint density at radius 2 is 1.93 bits per heavy atom. The van der Waals surface area contributed by atoms with Crippen molar-refractivity contribution in [1.29, 1.82) is 0 Å². The number of anilines is 1. The lowest BCUT2D eigenvalue weighted by atomic mass is 10.1. The molecule has 1 aromatic heterocycles. The van der Waals surface area contributed by atoms with Crippen molar-refractivity contribution in [3.8, 4) is 22.9 Å². The zero-order chi connectivity index (χ0) is 18.6. The van der Waals surface area contributed by atoms with Crippen LogP contribution in [0.25, 0.3) is 11.3 Å². The minimum atomic E-state index is -0.452. The number of hydrogen-bond donors (Lipinski definition) is 1. The minimum absolute atomic E-state index is 0.452. The van der Waals surface area contributed by atoms with Gasteiger partial charge in [0.1, 0.15) is 5.75 Å². The van der Waals surface area contributed by atoms with Crippen LogP contribution < -0.4 is 14.8 Å². The number of nitrogens with zero attached hydrogens (tertiary/aromatic N) is 3. The molecule has 0 amide bonds. The summed E-state index contributed by atoms with van der Waals surface area (Å²) in [7, 11) is 0. The van der Waals surface area contributed by atoms with E-state index in [2.05, 4.69) is 27.4 Å². The molecule has 7 heteroatoms. The smallest absolute Gasteiger partial charge is 0.247 e. The molecule has 1 aliphatic rings. The van der Waals surface area contributed by atoms with Gasteiger partial charge < -0.3 is 14.8 Å². The number of ether oxygens (including phenoxy) is 2. The summed E-state index contributed by atoms with van der Waals surface area (Å²) < 4.78 is 12.2. The average molecular weight is 380 g/mol. The van der Waals surface area contributed by atoms with Gasteiger partial charge in [-0.05, 0) is 30.9 Å². The van der Waals surface area contributed by atoms with E-state index < -0.39 is 6.23 Å². The molecule has 6 nitrogen and oxygen atoms in total. The Balaban J connectivity index is 1.81. The first kappa shape index (κ1) is 17.6. The number of para-hydroxylation sites is 2. The van der Waals surface area contributed by atoms with Gasteiger partial charge in [-0.1, -0.05) is 49.0 Å². The third kappa shape index (κ3) is 3.55. The standard InChI is InChI=1S/C20H20N4O2S/c1-3-12-25-16-11-7-5-9-14(16)18-21-15-10-6-4-8-13(15)17-19(26-18)22-20(27-2)24-23-17/h4-11,18,21H,3,12H2,1-2H3/t18-/m0/s1. The van der Waals surface area contributed by atoms with Crippen LogP contribution in [0.4, 0.5) is 5.69 Å². The monoisotopic (exact) mass is 380 g/mol. The van der Waals surface area contributed by atoms with E-state index in [1.807, 2.05) is 54.8 Å². The fourth-order valence-electron chi connectivity index (χ4n) is 2.92. The molecule has 0 fully saturated rings. The van der Waals surface area contributed by atoms with Crippen molar-refractivity contribution in [3.05, 3.63) is 54.1 Å². The van der Waals surface area contributed by atoms with Crippen molar-refractivity contribution in [2.24, 2.45) is 0 Å². The molecule has 2 heterocycles. The van der Waals surface area contributed by atoms with E-state index in [9.17, 15) is 0 Å². The summed E-state index contributed by atoms with van der Waals surface area (Å²) in [5, 5.41) is 12.6. The van der Waals surface area contributed by atoms with Gasteiger partial charge in [0.05, 0.1) is 12.2 Å². The second-order valence-corrected chi connectivity index (χ2v) is 6.80. The summed E-state index contributed by atoms with van der Waals surface area (Å²) in [6.45, 7) is 2.74. The number of thioether (sulfide) groups is 1. The molecule has 0 bridgehead atoms. The third-order valence-corrected chi connectivity index (χ3v) is 4.72. The first-order chi connectivity index (χ1) is 13.3. The van der Waals surface area contributed by atoms with Gasteiger partial charge >= 0.3 is 0 Å². The van der Waals surface area contributed by atoms with Crippen LogP contribution in [-0.2, 0) is 0 Å². The molecule has 2 aromatic carbocycles. The topological polar surface area (TPSA) is 69.2 Å². The fourth-order valence-corrected chi connectivity index (χ4v) is 3.21. The van der Waals surface area contributed by atoms with E-state index in [1.54, 1.807) is 0 Å². The van der Waals surface area contributed by atoms with Crippen LogP contribution in [0.5, 0.6) is 11.6 Å². The number of fused-ring (bicyclic) bond motifs is 3. The Bertz CT molecular complexity index is 951. The summed E-state index contributed by atoms with van der Waals surface area (Å²) in [6, 6.07) is 15.8. The summed E-state index contributed by atoms with van der Waals surface area (Å²) in [5.74, 6) is 1.26. The SMILES string of the molecule is CCCOc1ccccc1[C@H]1Nc2ccccc2-c2nnc(SC)nc2O1. The summed E-state index contributed by atoms with van der Waals surface area (Å²) in [6.07, 6.45) is 2.40. The van der Waals surface area contributed by atoms with E-state index >= 15 is 0 Å². The normalized spacial score (nSPS) is 15.0. The van der Waals surface area contributed by atoms with E-state index in [0.717, 1.165) is 29.0 Å². The molecule has 1 atom stereocenters. The Hall–Kier alpha value is -2.80. The second kappa shape index (κ2) is 7.84. The highest BCUT2D eigenvalue weighted by Crippen LogP contribution is 2.40. The number of hydrogen-bond acceptors (Lipinski definition) is 7. The number of benzene rings is 2. The van der Waals surface area contributed by atoms with E-state index in [1.165, 1.54) is 11.8 Å². The van der Waals surface area contributed by atoms with Crippen LogP contribution in [0.15, 0.2) is 53.7 Å². The first-order valence-corrected chi connectivity index (χ1v) is 10.1. The van der Waals surface area contributed by atoms with Gasteiger partial charge in [0.2, 0.25) is 17.3 Å². The highest BCUT2D eigenvalue weighted by molar-refractivity contribution is 7.98. The summed E-state index contributed by atoms with van der Waals surface area (Å²) >= 11 is 1.43. The van der Waals surface area contributed by atoms with Crippen molar-refractivity contribution in [2.75, 3.05) is 18.2 Å². The molecule has 0 unspecified atom stereocenters. The van der Waals surface area contributed by atoms with Crippen molar-refractivity contribution < 1.29 is 9.47 Å². The van der Waals surface area contributed by atoms with Gasteiger partial charge in [0.25, 0.3) is 0 Å². The number of nitrogens with one attached hydrogen (secondary N) is 1. The van der Waals surface area contributed by atoms with Crippen molar-refractivity contribution in [3.63, 3.8) is 0 Å². The molecule has 0 spiro atoms. The lowest BCUT2D eigenvalue weighted by Gasteiger charge is -2.21. The number of aromatic nitrogens is 3. The van der Waals surface area contributed by atoms with Gasteiger partial charge in [-0.25, -0.2) is 0 Å². The Morgan fingerprint density at radius 3 is 2.78 bits per heavy atom. The fraction of sp³-hybridized carbons (Fsp3) is 0.250. The highest BCUT2D eigenvalue weighted by atomic mass is 32.2. The Morgan fingerprint density at radius 1 is 1.11 bits per heavy atom. The molecule has 0 saturated heterocycles. The third-order valence-electron chi connectivity index (χ3n) is 4.18. The molecule has 1 aliphatic heterocycles. The van der Waals surface area contributed by atoms with Crippen molar-refractivity contribution in [2.45, 2.75) is 24.7 Å². The Kier molecular flexibility index (Phi) is 5.11. The molecule has 0 aliphatic carbocycles. The average Bonchev–Trinajstić information content (AvgIpc) is 2.88. The van der Waals surface area contributed by atoms with Gasteiger partial charge in [0, 0.05) is 11.3 Å². The maximum absolute atomic E-state index is 6.27. The molecule has 0 saturated carbocycles. The maximum atomic E-state index is 6.27. The van der Waals surface area contributed by atoms with E-state index in [4.69, 9.17) is 9.47 Å². The molecular formula is C20H20N4O2S. The lowest BCUT2D eigenvalue weighted by Crippen LogP contribution is -2.18. The Labute approximate surface area is 162 Å². The van der Waals surface area contributed by atoms with Crippen LogP contribution >= 0.6 is 11.8 Å². The van der Waals surface area contributed by atoms with Gasteiger partial charge in [-0.3, -0.25) is 0 Å². The van der Waals surface area contributed by atoms with E-state index in [0.29, 0.717) is 23.3 Å². The largest absolute Gasteiger partial charge is 0.493 e. The van der Waals surface area contributed by atoms with Crippen LogP contribution in [0.2, 0.25) is 0 Å². The molecule has 27 heavy (non-hydrogen) atoms. The molecule has 1 N–H and O–H groups in total. The van der Waals surface area contributed by atoms with Gasteiger partial charge in [-0.2, -0.15) is 4.98 Å². The molecule has 4 rings (SSSR count). The van der Waals surface area contributed by atoms with E-state index in [-0.39, 0.29) is 0 Å². The zero-order valence-electron chi connectivity index (χ0n) is 15.2. The zero-order valence-corrected chi connectivity index (χ0v) is 16.0. The van der Waals surface area contributed by atoms with Crippen molar-refractivity contribution >= 4 is 17.4 Å². The molecule has 3 aromatic rings. The minimum Gasteiger partial charge on any atom is -0.493 e. The predicted octanol–water partition coefficient (Wildman–Crippen LogP) is 4.55. The highest BCUT2D eigenvalue weighted by Gasteiger charge is 2.27. The quantitative estimate of drug-likeness (QED) is 0.651. The molecule has 0 radical (unpaired) electrons. The molecular weight excluding hydrogens is 360 g/mol.